The Morgan fingerprint density at radius 1 is 0.967 bits per heavy atom. The van der Waals surface area contributed by atoms with E-state index in [0.29, 0.717) is 22.9 Å². The van der Waals surface area contributed by atoms with Crippen molar-refractivity contribution in [2.75, 3.05) is 4.72 Å². The maximum atomic E-state index is 13.4. The molecule has 2 aromatic heterocycles. The molecule has 0 aliphatic rings. The number of nitrogens with one attached hydrogen (secondary N) is 2. The fraction of sp³-hybridized carbons (Fsp3) is 0.0526. The van der Waals surface area contributed by atoms with Gasteiger partial charge in [0.1, 0.15) is 11.6 Å². The van der Waals surface area contributed by atoms with Crippen molar-refractivity contribution in [1.29, 1.82) is 0 Å². The highest BCUT2D eigenvalue weighted by molar-refractivity contribution is 7.92. The number of alkyl halides is 3. The van der Waals surface area contributed by atoms with Crippen LogP contribution in [0.5, 0.6) is 0 Å². The smallest absolute Gasteiger partial charge is 0.338 e. The van der Waals surface area contributed by atoms with Crippen molar-refractivity contribution < 1.29 is 26.0 Å². The molecule has 6 nitrogen and oxygen atoms in total. The Labute approximate surface area is 167 Å². The van der Waals surface area contributed by atoms with E-state index < -0.39 is 32.5 Å². The summed E-state index contributed by atoms with van der Waals surface area (Å²) >= 11 is 0. The zero-order valence-corrected chi connectivity index (χ0v) is 15.7. The Balaban J connectivity index is 1.66. The molecule has 0 bridgehead atoms. The molecule has 2 N–H and O–H groups in total. The fourth-order valence-electron chi connectivity index (χ4n) is 2.82. The molecule has 0 amide bonds. The summed E-state index contributed by atoms with van der Waals surface area (Å²) in [6.45, 7) is 0. The van der Waals surface area contributed by atoms with Gasteiger partial charge in [0.25, 0.3) is 10.0 Å². The highest BCUT2D eigenvalue weighted by Gasteiger charge is 2.35. The van der Waals surface area contributed by atoms with Crippen molar-refractivity contribution in [2.45, 2.75) is 11.1 Å². The fourth-order valence-corrected chi connectivity index (χ4v) is 3.90. The van der Waals surface area contributed by atoms with Gasteiger partial charge in [0, 0.05) is 18.0 Å². The van der Waals surface area contributed by atoms with Crippen LogP contribution in [0.2, 0.25) is 0 Å². The first-order chi connectivity index (χ1) is 14.1. The van der Waals surface area contributed by atoms with Crippen LogP contribution in [0.15, 0.2) is 65.8 Å². The predicted molar refractivity (Wildman–Crippen MR) is 102 cm³/mol. The largest absolute Gasteiger partial charge is 0.419 e. The van der Waals surface area contributed by atoms with Crippen LogP contribution >= 0.6 is 0 Å². The Bertz CT molecular complexity index is 1340. The van der Waals surface area contributed by atoms with E-state index in [2.05, 4.69) is 19.7 Å². The maximum absolute atomic E-state index is 13.4. The molecule has 0 spiro atoms. The third-order valence-corrected chi connectivity index (χ3v) is 5.62. The number of aromatic amines is 1. The molecule has 0 unspecified atom stereocenters. The molecule has 2 heterocycles. The van der Waals surface area contributed by atoms with Crippen LogP contribution in [0.4, 0.5) is 23.2 Å². The van der Waals surface area contributed by atoms with Crippen LogP contribution in [0.25, 0.3) is 22.4 Å². The third-order valence-electron chi connectivity index (χ3n) is 4.24. The number of hydrogen-bond donors (Lipinski definition) is 2. The van der Waals surface area contributed by atoms with Crippen molar-refractivity contribution in [1.82, 2.24) is 15.0 Å². The Kier molecular flexibility index (Phi) is 4.69. The summed E-state index contributed by atoms with van der Waals surface area (Å²) in [5, 5.41) is 0. The van der Waals surface area contributed by atoms with E-state index >= 15 is 0 Å². The van der Waals surface area contributed by atoms with Gasteiger partial charge in [-0.2, -0.15) is 13.2 Å². The molecule has 11 heteroatoms. The van der Waals surface area contributed by atoms with E-state index in [1.165, 1.54) is 12.1 Å². The second-order valence-electron chi connectivity index (χ2n) is 6.30. The van der Waals surface area contributed by atoms with Crippen molar-refractivity contribution in [3.63, 3.8) is 0 Å². The molecule has 30 heavy (non-hydrogen) atoms. The van der Waals surface area contributed by atoms with E-state index in [1.54, 1.807) is 30.6 Å². The van der Waals surface area contributed by atoms with Crippen LogP contribution in [0.3, 0.4) is 0 Å². The summed E-state index contributed by atoms with van der Waals surface area (Å²) in [5.74, 6) is -1.01. The number of imidazole rings is 1. The van der Waals surface area contributed by atoms with Gasteiger partial charge in [-0.1, -0.05) is 0 Å². The van der Waals surface area contributed by atoms with E-state index in [4.69, 9.17) is 0 Å². The van der Waals surface area contributed by atoms with Crippen molar-refractivity contribution >= 4 is 26.7 Å². The normalized spacial score (nSPS) is 12.3. The predicted octanol–water partition coefficient (Wildman–Crippen LogP) is 4.58. The lowest BCUT2D eigenvalue weighted by Gasteiger charge is -2.12. The second kappa shape index (κ2) is 7.10. The number of hydrogen-bond acceptors (Lipinski definition) is 4. The summed E-state index contributed by atoms with van der Waals surface area (Å²) in [7, 11) is -4.39. The quantitative estimate of drug-likeness (QED) is 0.459. The Hall–Kier alpha value is -3.47. The van der Waals surface area contributed by atoms with Gasteiger partial charge >= 0.3 is 6.18 Å². The zero-order valence-electron chi connectivity index (χ0n) is 14.9. The Morgan fingerprint density at radius 3 is 2.40 bits per heavy atom. The molecule has 0 atom stereocenters. The molecule has 0 aliphatic carbocycles. The standard InChI is InChI=1S/C19H12F4N4O2S/c20-15-3-2-13(10-14(15)19(21,22)23)30(28,29)27-12-1-4-16-17(9-12)26-18(25-16)11-5-7-24-8-6-11/h1-10,27H,(H,25,26). The van der Waals surface area contributed by atoms with Gasteiger partial charge in [0.15, 0.2) is 0 Å². The summed E-state index contributed by atoms with van der Waals surface area (Å²) in [6.07, 6.45) is -1.83. The number of anilines is 1. The molecule has 0 saturated carbocycles. The van der Waals surface area contributed by atoms with Crippen LogP contribution < -0.4 is 4.72 Å². The molecule has 2 aromatic carbocycles. The zero-order chi connectivity index (χ0) is 21.5. The first-order valence-electron chi connectivity index (χ1n) is 8.43. The molecule has 0 aliphatic heterocycles. The number of aromatic nitrogens is 3. The van der Waals surface area contributed by atoms with Gasteiger partial charge in [-0.05, 0) is 48.5 Å². The average molecular weight is 436 g/mol. The molecule has 0 fully saturated rings. The third kappa shape index (κ3) is 3.83. The highest BCUT2D eigenvalue weighted by atomic mass is 32.2. The minimum absolute atomic E-state index is 0.102. The van der Waals surface area contributed by atoms with Crippen LogP contribution in [-0.2, 0) is 16.2 Å². The van der Waals surface area contributed by atoms with Crippen molar-refractivity contribution in [3.05, 3.63) is 72.3 Å². The maximum Gasteiger partial charge on any atom is 0.419 e. The van der Waals surface area contributed by atoms with E-state index in [9.17, 15) is 26.0 Å². The van der Waals surface area contributed by atoms with Crippen LogP contribution in [-0.4, -0.2) is 23.4 Å². The van der Waals surface area contributed by atoms with Gasteiger partial charge in [-0.15, -0.1) is 0 Å². The topological polar surface area (TPSA) is 87.7 Å². The first-order valence-corrected chi connectivity index (χ1v) is 9.91. The van der Waals surface area contributed by atoms with Crippen LogP contribution in [0, 0.1) is 5.82 Å². The van der Waals surface area contributed by atoms with Gasteiger partial charge in [-0.3, -0.25) is 9.71 Å². The first kappa shape index (κ1) is 19.8. The highest BCUT2D eigenvalue weighted by Crippen LogP contribution is 2.33. The number of nitrogens with zero attached hydrogens (tertiary/aromatic N) is 2. The minimum atomic E-state index is -5.02. The summed E-state index contributed by atoms with van der Waals surface area (Å²) < 4.78 is 79.4. The lowest BCUT2D eigenvalue weighted by molar-refractivity contribution is -0.140. The van der Waals surface area contributed by atoms with Gasteiger partial charge < -0.3 is 4.98 Å². The molecular weight excluding hydrogens is 424 g/mol. The van der Waals surface area contributed by atoms with Gasteiger partial charge in [0.2, 0.25) is 0 Å². The van der Waals surface area contributed by atoms with Crippen molar-refractivity contribution in [3.8, 4) is 11.4 Å². The van der Waals surface area contributed by atoms with Gasteiger partial charge in [0.05, 0.1) is 27.2 Å². The summed E-state index contributed by atoms with van der Waals surface area (Å²) in [4.78, 5) is 10.7. The number of H-pyrrole nitrogens is 1. The number of benzene rings is 2. The number of halogens is 4. The molecule has 0 saturated heterocycles. The summed E-state index contributed by atoms with van der Waals surface area (Å²) in [5.41, 5.74) is 0.291. The van der Waals surface area contributed by atoms with Crippen LogP contribution in [0.1, 0.15) is 5.56 Å². The molecule has 154 valence electrons. The van der Waals surface area contributed by atoms with E-state index in [0.717, 1.165) is 11.6 Å². The number of pyridine rings is 1. The lowest BCUT2D eigenvalue weighted by Crippen LogP contribution is -2.15. The van der Waals surface area contributed by atoms with Crippen molar-refractivity contribution in [2.24, 2.45) is 0 Å². The second-order valence-corrected chi connectivity index (χ2v) is 7.98. The van der Waals surface area contributed by atoms with Gasteiger partial charge in [-0.25, -0.2) is 17.8 Å². The minimum Gasteiger partial charge on any atom is -0.338 e. The number of sulfonamides is 1. The number of rotatable bonds is 4. The SMILES string of the molecule is O=S(=O)(Nc1ccc2nc(-c3ccncc3)[nH]c2c1)c1ccc(F)c(C(F)(F)F)c1. The molecular formula is C19H12F4N4O2S. The summed E-state index contributed by atoms with van der Waals surface area (Å²) in [6, 6.07) is 9.42. The van der Waals surface area contributed by atoms with E-state index in [1.807, 2.05) is 0 Å². The number of fused-ring (bicyclic) bond motifs is 1. The lowest BCUT2D eigenvalue weighted by atomic mass is 10.2. The average Bonchev–Trinajstić information content (AvgIpc) is 3.11. The van der Waals surface area contributed by atoms with E-state index in [-0.39, 0.29) is 11.8 Å². The monoisotopic (exact) mass is 436 g/mol. The molecule has 0 radical (unpaired) electrons. The molecule has 4 aromatic rings. The molecule has 4 rings (SSSR count). The Morgan fingerprint density at radius 2 is 1.70 bits per heavy atom.